The second-order valence-electron chi connectivity index (χ2n) is 7.30. The van der Waals surface area contributed by atoms with Crippen LogP contribution in [0, 0.1) is 0 Å². The molecule has 28 heavy (non-hydrogen) atoms. The summed E-state index contributed by atoms with van der Waals surface area (Å²) in [4.78, 5) is 29.9. The topological polar surface area (TPSA) is 52.7 Å². The number of hydrogen-bond donors (Lipinski definition) is 1. The van der Waals surface area contributed by atoms with E-state index in [9.17, 15) is 9.59 Å². The quantitative estimate of drug-likeness (QED) is 0.774. The number of halogens is 1. The van der Waals surface area contributed by atoms with Gasteiger partial charge >= 0.3 is 0 Å². The molecular weight excluding hydrogens is 418 g/mol. The van der Waals surface area contributed by atoms with Gasteiger partial charge in [0, 0.05) is 29.7 Å². The van der Waals surface area contributed by atoms with Gasteiger partial charge in [0.2, 0.25) is 0 Å². The Bertz CT molecular complexity index is 897. The van der Waals surface area contributed by atoms with Gasteiger partial charge in [0.1, 0.15) is 6.17 Å². The lowest BCUT2D eigenvalue weighted by atomic mass is 9.97. The van der Waals surface area contributed by atoms with Crippen molar-refractivity contribution < 1.29 is 9.59 Å². The monoisotopic (exact) mass is 441 g/mol. The van der Waals surface area contributed by atoms with Crippen molar-refractivity contribution in [3.63, 3.8) is 0 Å². The van der Waals surface area contributed by atoms with Crippen molar-refractivity contribution in [2.45, 2.75) is 38.9 Å². The van der Waals surface area contributed by atoms with Crippen molar-refractivity contribution in [2.24, 2.45) is 0 Å². The van der Waals surface area contributed by atoms with E-state index in [1.807, 2.05) is 35.2 Å². The molecule has 1 atom stereocenters. The lowest BCUT2D eigenvalue weighted by Crippen LogP contribution is -2.57. The third-order valence-corrected chi connectivity index (χ3v) is 6.13. The van der Waals surface area contributed by atoms with Crippen LogP contribution in [-0.2, 0) is 6.54 Å². The van der Waals surface area contributed by atoms with Gasteiger partial charge in [0.15, 0.2) is 0 Å². The Balaban J connectivity index is 1.56. The first-order valence-corrected chi connectivity index (χ1v) is 10.6. The molecule has 1 saturated heterocycles. The van der Waals surface area contributed by atoms with Gasteiger partial charge in [0.05, 0.1) is 11.3 Å². The number of carbonyl (C=O) groups is 2. The molecule has 2 heterocycles. The molecule has 0 unspecified atom stereocenters. The number of anilines is 1. The number of hydrogen-bond acceptors (Lipinski definition) is 3. The molecular formula is C22H24BrN3O2. The molecule has 2 aliphatic rings. The zero-order valence-electron chi connectivity index (χ0n) is 16.0. The summed E-state index contributed by atoms with van der Waals surface area (Å²) in [6, 6.07) is 13.3. The van der Waals surface area contributed by atoms with Crippen LogP contribution in [0.15, 0.2) is 46.9 Å². The van der Waals surface area contributed by atoms with Gasteiger partial charge in [-0.15, -0.1) is 0 Å². The van der Waals surface area contributed by atoms with E-state index in [0.717, 1.165) is 48.1 Å². The molecule has 6 heteroatoms. The van der Waals surface area contributed by atoms with E-state index in [0.29, 0.717) is 17.7 Å². The minimum Gasteiger partial charge on any atom is -0.351 e. The lowest BCUT2D eigenvalue weighted by molar-refractivity contribution is 0.0582. The van der Waals surface area contributed by atoms with Crippen LogP contribution in [0.1, 0.15) is 52.5 Å². The molecule has 5 nitrogen and oxygen atoms in total. The standard InChI is InChI=1S/C22H24BrN3O2/c1-2-25-19-13-16(21(27)24-14-15-6-9-17(23)10-7-15)8-11-18(19)22(28)26-12-4-3-5-20(25)26/h6-11,13,20H,2-5,12,14H2,1H3,(H,24,27)/t20-/m1/s1. The lowest BCUT2D eigenvalue weighted by Gasteiger charge is -2.47. The Morgan fingerprint density at radius 3 is 2.71 bits per heavy atom. The van der Waals surface area contributed by atoms with Crippen LogP contribution < -0.4 is 10.2 Å². The summed E-state index contributed by atoms with van der Waals surface area (Å²) in [6.07, 6.45) is 3.29. The molecule has 2 aromatic carbocycles. The highest BCUT2D eigenvalue weighted by Crippen LogP contribution is 2.35. The van der Waals surface area contributed by atoms with Crippen LogP contribution in [0.4, 0.5) is 5.69 Å². The van der Waals surface area contributed by atoms with Crippen molar-refractivity contribution >= 4 is 33.4 Å². The van der Waals surface area contributed by atoms with Gasteiger partial charge in [-0.1, -0.05) is 28.1 Å². The van der Waals surface area contributed by atoms with E-state index in [4.69, 9.17) is 0 Å². The maximum Gasteiger partial charge on any atom is 0.257 e. The molecule has 0 spiro atoms. The number of amides is 2. The van der Waals surface area contributed by atoms with Crippen molar-refractivity contribution in [3.8, 4) is 0 Å². The van der Waals surface area contributed by atoms with Gasteiger partial charge in [-0.05, 0) is 62.1 Å². The number of rotatable bonds is 4. The van der Waals surface area contributed by atoms with Gasteiger partial charge in [0.25, 0.3) is 11.8 Å². The van der Waals surface area contributed by atoms with Crippen molar-refractivity contribution in [2.75, 3.05) is 18.0 Å². The van der Waals surface area contributed by atoms with Gasteiger partial charge < -0.3 is 15.1 Å². The molecule has 0 radical (unpaired) electrons. The van der Waals surface area contributed by atoms with E-state index in [1.54, 1.807) is 12.1 Å². The molecule has 0 aromatic heterocycles. The second kappa shape index (κ2) is 7.95. The van der Waals surface area contributed by atoms with Crippen LogP contribution in [0.5, 0.6) is 0 Å². The molecule has 1 N–H and O–H groups in total. The predicted molar refractivity (Wildman–Crippen MR) is 113 cm³/mol. The average molecular weight is 442 g/mol. The van der Waals surface area contributed by atoms with Crippen molar-refractivity contribution in [3.05, 3.63) is 63.6 Å². The molecule has 0 saturated carbocycles. The molecule has 0 bridgehead atoms. The highest BCUT2D eigenvalue weighted by Gasteiger charge is 2.38. The Hall–Kier alpha value is -2.34. The van der Waals surface area contributed by atoms with Gasteiger partial charge in [-0.25, -0.2) is 0 Å². The molecule has 2 aromatic rings. The van der Waals surface area contributed by atoms with Crippen LogP contribution >= 0.6 is 15.9 Å². The van der Waals surface area contributed by atoms with E-state index < -0.39 is 0 Å². The fourth-order valence-corrected chi connectivity index (χ4v) is 4.41. The zero-order chi connectivity index (χ0) is 19.7. The largest absolute Gasteiger partial charge is 0.351 e. The summed E-state index contributed by atoms with van der Waals surface area (Å²) >= 11 is 3.42. The number of benzene rings is 2. The minimum atomic E-state index is -0.125. The maximum atomic E-state index is 12.9. The van der Waals surface area contributed by atoms with Crippen molar-refractivity contribution in [1.82, 2.24) is 10.2 Å². The SMILES string of the molecule is CCN1c2cc(C(=O)NCc3ccc(Br)cc3)ccc2C(=O)N2CCCC[C@@H]21. The third kappa shape index (κ3) is 3.53. The molecule has 4 rings (SSSR count). The number of nitrogens with one attached hydrogen (secondary N) is 1. The van der Waals surface area contributed by atoms with E-state index in [2.05, 4.69) is 33.1 Å². The smallest absolute Gasteiger partial charge is 0.257 e. The third-order valence-electron chi connectivity index (χ3n) is 5.60. The summed E-state index contributed by atoms with van der Waals surface area (Å²) in [5, 5.41) is 2.97. The van der Waals surface area contributed by atoms with Crippen molar-refractivity contribution in [1.29, 1.82) is 0 Å². The van der Waals surface area contributed by atoms with E-state index in [-0.39, 0.29) is 18.0 Å². The molecule has 146 valence electrons. The molecule has 2 amide bonds. The maximum absolute atomic E-state index is 12.9. The summed E-state index contributed by atoms with van der Waals surface area (Å²) in [5.41, 5.74) is 3.21. The number of nitrogens with zero attached hydrogens (tertiary/aromatic N) is 2. The summed E-state index contributed by atoms with van der Waals surface area (Å²) < 4.78 is 1.01. The average Bonchev–Trinajstić information content (AvgIpc) is 2.73. The molecule has 0 aliphatic carbocycles. The Morgan fingerprint density at radius 2 is 1.96 bits per heavy atom. The first-order valence-electron chi connectivity index (χ1n) is 9.83. The van der Waals surface area contributed by atoms with Gasteiger partial charge in [-0.2, -0.15) is 0 Å². The fraction of sp³-hybridized carbons (Fsp3) is 0.364. The predicted octanol–water partition coefficient (Wildman–Crippen LogP) is 4.17. The minimum absolute atomic E-state index is 0.0891. The fourth-order valence-electron chi connectivity index (χ4n) is 4.15. The summed E-state index contributed by atoms with van der Waals surface area (Å²) in [7, 11) is 0. The first-order chi connectivity index (χ1) is 13.6. The number of piperidine rings is 1. The van der Waals surface area contributed by atoms with Crippen LogP contribution in [0.3, 0.4) is 0 Å². The first kappa shape index (κ1) is 19.0. The number of carbonyl (C=O) groups excluding carboxylic acids is 2. The summed E-state index contributed by atoms with van der Waals surface area (Å²) in [5.74, 6) is -0.0356. The van der Waals surface area contributed by atoms with E-state index in [1.165, 1.54) is 0 Å². The Kier molecular flexibility index (Phi) is 5.40. The molecule has 1 fully saturated rings. The van der Waals surface area contributed by atoms with Crippen LogP contribution in [0.2, 0.25) is 0 Å². The Labute approximate surface area is 173 Å². The second-order valence-corrected chi connectivity index (χ2v) is 8.22. The normalized spacial score (nSPS) is 18.5. The zero-order valence-corrected chi connectivity index (χ0v) is 17.5. The Morgan fingerprint density at radius 1 is 1.18 bits per heavy atom. The summed E-state index contributed by atoms with van der Waals surface area (Å²) in [6.45, 7) is 4.20. The van der Waals surface area contributed by atoms with E-state index >= 15 is 0 Å². The molecule has 2 aliphatic heterocycles. The van der Waals surface area contributed by atoms with Crippen LogP contribution in [-0.4, -0.2) is 36.0 Å². The highest BCUT2D eigenvalue weighted by molar-refractivity contribution is 9.10. The number of fused-ring (bicyclic) bond motifs is 2. The van der Waals surface area contributed by atoms with Crippen LogP contribution in [0.25, 0.3) is 0 Å². The highest BCUT2D eigenvalue weighted by atomic mass is 79.9. The van der Waals surface area contributed by atoms with Gasteiger partial charge in [-0.3, -0.25) is 9.59 Å².